The third-order valence-electron chi connectivity index (χ3n) is 8.97. The number of fused-ring (bicyclic) bond motifs is 1. The van der Waals surface area contributed by atoms with Crippen LogP contribution in [0.3, 0.4) is 0 Å². The monoisotopic (exact) mass is 674 g/mol. The molecule has 1 aliphatic heterocycles. The lowest BCUT2D eigenvalue weighted by atomic mass is 9.78. The molecule has 3 N–H and O–H groups in total. The zero-order chi connectivity index (χ0) is 33.7. The Morgan fingerprint density at radius 1 is 1.13 bits per heavy atom. The van der Waals surface area contributed by atoms with Crippen molar-refractivity contribution in [2.24, 2.45) is 11.3 Å². The first-order valence-corrected chi connectivity index (χ1v) is 14.9. The number of amides is 3. The van der Waals surface area contributed by atoms with Gasteiger partial charge in [-0.05, 0) is 61.2 Å². The molecule has 0 bridgehead atoms. The van der Waals surface area contributed by atoms with Gasteiger partial charge in [-0.2, -0.15) is 18.3 Å². The Hall–Kier alpha value is -4.32. The maximum Gasteiger partial charge on any atom is 0.408 e. The van der Waals surface area contributed by atoms with E-state index in [4.69, 9.17) is 4.63 Å². The van der Waals surface area contributed by atoms with Crippen LogP contribution in [-0.4, -0.2) is 73.7 Å². The molecule has 12 nitrogen and oxygen atoms in total. The third-order valence-corrected chi connectivity index (χ3v) is 8.97. The molecule has 3 aromatic heterocycles. The lowest BCUT2D eigenvalue weighted by molar-refractivity contribution is -0.155. The van der Waals surface area contributed by atoms with E-state index >= 15 is 0 Å². The van der Waals surface area contributed by atoms with Gasteiger partial charge < -0.3 is 16.0 Å². The fraction of sp³-hybridized carbons (Fsp3) is 0.607. The average molecular weight is 675 g/mol. The summed E-state index contributed by atoms with van der Waals surface area (Å²) in [5.74, 6) is -6.50. The molecule has 3 atom stereocenters. The molecular formula is C28H29F7N8O4. The van der Waals surface area contributed by atoms with Crippen molar-refractivity contribution in [3.63, 3.8) is 0 Å². The van der Waals surface area contributed by atoms with Crippen molar-refractivity contribution in [3.8, 4) is 0 Å². The van der Waals surface area contributed by atoms with Crippen LogP contribution in [0.1, 0.15) is 84.3 Å². The highest BCUT2D eigenvalue weighted by Crippen LogP contribution is 2.43. The smallest absolute Gasteiger partial charge is 0.349 e. The summed E-state index contributed by atoms with van der Waals surface area (Å²) >= 11 is 0. The molecule has 3 aliphatic rings. The van der Waals surface area contributed by atoms with Gasteiger partial charge >= 0.3 is 6.18 Å². The maximum atomic E-state index is 14.0. The maximum absolute atomic E-state index is 14.0. The van der Waals surface area contributed by atoms with Crippen molar-refractivity contribution in [2.45, 2.75) is 87.9 Å². The van der Waals surface area contributed by atoms with Crippen LogP contribution in [0, 0.1) is 11.3 Å². The normalized spacial score (nSPS) is 24.0. The Morgan fingerprint density at radius 2 is 1.85 bits per heavy atom. The van der Waals surface area contributed by atoms with Crippen LogP contribution < -0.4 is 16.0 Å². The second-order valence-electron chi connectivity index (χ2n) is 12.4. The summed E-state index contributed by atoms with van der Waals surface area (Å²) in [5, 5.41) is 18.2. The Kier molecular flexibility index (Phi) is 8.36. The highest BCUT2D eigenvalue weighted by atomic mass is 19.4. The Labute approximate surface area is 261 Å². The highest BCUT2D eigenvalue weighted by Gasteiger charge is 2.59. The van der Waals surface area contributed by atoms with Gasteiger partial charge in [0.1, 0.15) is 17.2 Å². The van der Waals surface area contributed by atoms with E-state index in [1.54, 1.807) is 5.32 Å². The second kappa shape index (κ2) is 12.0. The van der Waals surface area contributed by atoms with E-state index in [1.165, 1.54) is 23.0 Å². The van der Waals surface area contributed by atoms with E-state index in [-0.39, 0.29) is 41.4 Å². The van der Waals surface area contributed by atoms with E-state index in [0.29, 0.717) is 5.69 Å². The molecule has 3 aromatic rings. The van der Waals surface area contributed by atoms with Crippen LogP contribution in [-0.2, 0) is 16.0 Å². The van der Waals surface area contributed by atoms with Crippen LogP contribution >= 0.6 is 0 Å². The number of rotatable bonds is 10. The minimum Gasteiger partial charge on any atom is -0.349 e. The number of imidazole rings is 1. The van der Waals surface area contributed by atoms with E-state index in [9.17, 15) is 45.1 Å². The summed E-state index contributed by atoms with van der Waals surface area (Å²) in [6.07, 6.45) is -6.00. The molecule has 4 heterocycles. The van der Waals surface area contributed by atoms with Gasteiger partial charge in [0.15, 0.2) is 11.3 Å². The zero-order valence-corrected chi connectivity index (χ0v) is 24.5. The molecule has 0 aromatic carbocycles. The number of nitrogens with one attached hydrogen (secondary N) is 3. The fourth-order valence-corrected chi connectivity index (χ4v) is 6.30. The van der Waals surface area contributed by atoms with Crippen molar-refractivity contribution >= 4 is 23.4 Å². The third kappa shape index (κ3) is 6.74. The number of halogens is 7. The molecule has 3 amide bonds. The second-order valence-corrected chi connectivity index (χ2v) is 12.4. The predicted octanol–water partition coefficient (Wildman–Crippen LogP) is 3.65. The molecule has 47 heavy (non-hydrogen) atoms. The van der Waals surface area contributed by atoms with E-state index in [2.05, 4.69) is 25.7 Å². The van der Waals surface area contributed by atoms with Gasteiger partial charge in [0.25, 0.3) is 12.3 Å². The van der Waals surface area contributed by atoms with Gasteiger partial charge in [-0.3, -0.25) is 14.4 Å². The summed E-state index contributed by atoms with van der Waals surface area (Å²) in [4.78, 5) is 43.7. The van der Waals surface area contributed by atoms with Crippen LogP contribution in [0.15, 0.2) is 23.1 Å². The number of alkyl halides is 7. The summed E-state index contributed by atoms with van der Waals surface area (Å²) < 4.78 is 100. The van der Waals surface area contributed by atoms with Crippen molar-refractivity contribution in [3.05, 3.63) is 41.1 Å². The number of carbonyl (C=O) groups is 3. The summed E-state index contributed by atoms with van der Waals surface area (Å²) in [6.45, 7) is -1.17. The number of carbonyl (C=O) groups excluding carboxylic acids is 3. The molecule has 3 fully saturated rings. The topological polar surface area (TPSA) is 156 Å². The Morgan fingerprint density at radius 3 is 2.49 bits per heavy atom. The van der Waals surface area contributed by atoms with Crippen molar-refractivity contribution in [1.82, 2.24) is 40.9 Å². The molecule has 0 spiro atoms. The van der Waals surface area contributed by atoms with Crippen molar-refractivity contribution in [2.75, 3.05) is 6.54 Å². The quantitative estimate of drug-likeness (QED) is 0.218. The molecule has 254 valence electrons. The van der Waals surface area contributed by atoms with Crippen molar-refractivity contribution in [1.29, 1.82) is 0 Å². The lowest BCUT2D eigenvalue weighted by Crippen LogP contribution is -2.48. The van der Waals surface area contributed by atoms with Gasteiger partial charge in [0.05, 0.1) is 30.7 Å². The SMILES string of the molecule is O=C(N[C@H](c1cn2ncc(C[C@@]3(C(=O)NCC(F)F)C[C@@H](C(F)(F)F)NC3=O)cc2n1)C1CCC(F)(F)CC1)c1nonc1C1CC1. The number of hydrogen-bond acceptors (Lipinski definition) is 8. The minimum atomic E-state index is -4.90. The molecule has 19 heteroatoms. The first-order valence-electron chi connectivity index (χ1n) is 14.9. The van der Waals surface area contributed by atoms with Crippen LogP contribution in [0.25, 0.3) is 5.65 Å². The highest BCUT2D eigenvalue weighted by molar-refractivity contribution is 6.07. The van der Waals surface area contributed by atoms with Crippen LogP contribution in [0.4, 0.5) is 30.7 Å². The lowest BCUT2D eigenvalue weighted by Gasteiger charge is -2.33. The van der Waals surface area contributed by atoms with Crippen LogP contribution in [0.5, 0.6) is 0 Å². The standard InChI is InChI=1S/C28H29F7N8O4/c29-18(30)11-36-24(45)26(9-17(28(33,34)35)39-25(26)46)8-13-7-19-38-16(12-43(19)37-10-13)20(15-3-5-27(31,32)6-4-15)40-23(44)22-21(14-1-2-14)41-47-42-22/h7,10,12,14-15,17-18,20H,1-6,8-9,11H2,(H,36,45)(H,39,46)(H,40,44)/t17-,20-,26-/m0/s1. The van der Waals surface area contributed by atoms with Gasteiger partial charge in [-0.25, -0.2) is 31.7 Å². The van der Waals surface area contributed by atoms with Gasteiger partial charge in [0, 0.05) is 18.8 Å². The summed E-state index contributed by atoms with van der Waals surface area (Å²) in [5.41, 5.74) is -1.56. The average Bonchev–Trinajstić information content (AvgIpc) is 3.40. The van der Waals surface area contributed by atoms with E-state index in [1.807, 2.05) is 5.32 Å². The molecule has 2 saturated carbocycles. The first-order chi connectivity index (χ1) is 22.1. The summed E-state index contributed by atoms with van der Waals surface area (Å²) in [6, 6.07) is -1.91. The zero-order valence-electron chi connectivity index (χ0n) is 24.5. The number of nitrogens with zero attached hydrogens (tertiary/aromatic N) is 5. The number of hydrogen-bond donors (Lipinski definition) is 3. The Bertz CT molecular complexity index is 1660. The van der Waals surface area contributed by atoms with Gasteiger partial charge in [-0.1, -0.05) is 5.16 Å². The van der Waals surface area contributed by atoms with E-state index in [0.717, 1.165) is 12.8 Å². The van der Waals surface area contributed by atoms with Gasteiger partial charge in [-0.15, -0.1) is 0 Å². The largest absolute Gasteiger partial charge is 0.408 e. The molecule has 1 saturated heterocycles. The number of aromatic nitrogens is 5. The van der Waals surface area contributed by atoms with E-state index < -0.39 is 91.9 Å². The molecule has 6 rings (SSSR count). The van der Waals surface area contributed by atoms with Crippen LogP contribution in [0.2, 0.25) is 0 Å². The van der Waals surface area contributed by atoms with Gasteiger partial charge in [0.2, 0.25) is 17.7 Å². The molecule has 2 aliphatic carbocycles. The predicted molar refractivity (Wildman–Crippen MR) is 144 cm³/mol. The molecule has 0 radical (unpaired) electrons. The van der Waals surface area contributed by atoms with Crippen molar-refractivity contribution < 1.29 is 49.7 Å². The summed E-state index contributed by atoms with van der Waals surface area (Å²) in [7, 11) is 0. The Balaban J connectivity index is 1.29. The first kappa shape index (κ1) is 32.6. The molecular weight excluding hydrogens is 645 g/mol. The fourth-order valence-electron chi connectivity index (χ4n) is 6.30. The molecule has 0 unspecified atom stereocenters. The minimum absolute atomic E-state index is 0.0229.